The van der Waals surface area contributed by atoms with Crippen LogP contribution in [0, 0.1) is 12.3 Å². The van der Waals surface area contributed by atoms with Crippen molar-refractivity contribution in [3.05, 3.63) is 53.6 Å². The molecule has 0 fully saturated rings. The molecule has 0 atom stereocenters. The summed E-state index contributed by atoms with van der Waals surface area (Å²) in [6.45, 7) is 1.77. The fourth-order valence-corrected chi connectivity index (χ4v) is 2.06. The Kier molecular flexibility index (Phi) is 5.49. The van der Waals surface area contributed by atoms with Crippen LogP contribution in [0.4, 0.5) is 0 Å². The Bertz CT molecular complexity index is 590. The van der Waals surface area contributed by atoms with E-state index in [0.717, 1.165) is 11.1 Å². The van der Waals surface area contributed by atoms with Gasteiger partial charge in [-0.1, -0.05) is 53.9 Å². The standard InChI is InChI=1S/C17H16ClNO/c1-2-10-19-11-12-20-17-9-8-15(13-16(17)18)14-6-4-3-5-7-14/h1,3-9,13,19H,10-12H2. The fourth-order valence-electron chi connectivity index (χ4n) is 1.82. The van der Waals surface area contributed by atoms with E-state index in [9.17, 15) is 0 Å². The van der Waals surface area contributed by atoms with Crippen molar-refractivity contribution in [3.8, 4) is 29.2 Å². The smallest absolute Gasteiger partial charge is 0.137 e. The summed E-state index contributed by atoms with van der Waals surface area (Å²) in [5.41, 5.74) is 2.21. The molecule has 0 saturated heterocycles. The molecule has 0 radical (unpaired) electrons. The molecule has 0 heterocycles. The maximum atomic E-state index is 6.24. The first kappa shape index (κ1) is 14.5. The van der Waals surface area contributed by atoms with E-state index >= 15 is 0 Å². The highest BCUT2D eigenvalue weighted by Crippen LogP contribution is 2.30. The molecule has 0 amide bonds. The Morgan fingerprint density at radius 1 is 1.10 bits per heavy atom. The minimum absolute atomic E-state index is 0.534. The molecule has 3 heteroatoms. The van der Waals surface area contributed by atoms with Crippen LogP contribution in [0.25, 0.3) is 11.1 Å². The molecule has 0 aliphatic rings. The van der Waals surface area contributed by atoms with Gasteiger partial charge < -0.3 is 10.1 Å². The van der Waals surface area contributed by atoms with E-state index in [2.05, 4.69) is 23.4 Å². The lowest BCUT2D eigenvalue weighted by molar-refractivity contribution is 0.317. The van der Waals surface area contributed by atoms with Crippen LogP contribution in [0.2, 0.25) is 5.02 Å². The Morgan fingerprint density at radius 3 is 2.60 bits per heavy atom. The van der Waals surface area contributed by atoms with Crippen LogP contribution in [-0.4, -0.2) is 19.7 Å². The molecule has 0 unspecified atom stereocenters. The first-order chi connectivity index (χ1) is 9.81. The third-order valence-corrected chi connectivity index (χ3v) is 3.10. The van der Waals surface area contributed by atoms with Gasteiger partial charge in [0.25, 0.3) is 0 Å². The van der Waals surface area contributed by atoms with Crippen molar-refractivity contribution < 1.29 is 4.74 Å². The van der Waals surface area contributed by atoms with E-state index < -0.39 is 0 Å². The van der Waals surface area contributed by atoms with Gasteiger partial charge in [-0.2, -0.15) is 0 Å². The highest BCUT2D eigenvalue weighted by atomic mass is 35.5. The topological polar surface area (TPSA) is 21.3 Å². The molecule has 0 aliphatic carbocycles. The summed E-state index contributed by atoms with van der Waals surface area (Å²) in [6.07, 6.45) is 5.14. The number of terminal acetylenes is 1. The summed E-state index contributed by atoms with van der Waals surface area (Å²) in [4.78, 5) is 0. The molecule has 2 rings (SSSR count). The van der Waals surface area contributed by atoms with Gasteiger partial charge in [0.1, 0.15) is 12.4 Å². The van der Waals surface area contributed by atoms with Crippen LogP contribution in [0.1, 0.15) is 0 Å². The average Bonchev–Trinajstić information content (AvgIpc) is 2.49. The van der Waals surface area contributed by atoms with E-state index in [1.165, 1.54) is 0 Å². The van der Waals surface area contributed by atoms with Crippen molar-refractivity contribution in [3.63, 3.8) is 0 Å². The first-order valence-electron chi connectivity index (χ1n) is 6.43. The van der Waals surface area contributed by atoms with Gasteiger partial charge >= 0.3 is 0 Å². The minimum Gasteiger partial charge on any atom is -0.491 e. The molecule has 102 valence electrons. The van der Waals surface area contributed by atoms with E-state index in [1.54, 1.807) is 0 Å². The Balaban J connectivity index is 1.98. The second kappa shape index (κ2) is 7.59. The first-order valence-corrected chi connectivity index (χ1v) is 6.81. The molecule has 0 aromatic heterocycles. The SMILES string of the molecule is C#CCNCCOc1ccc(-c2ccccc2)cc1Cl. The Morgan fingerprint density at radius 2 is 1.90 bits per heavy atom. The highest BCUT2D eigenvalue weighted by Gasteiger charge is 2.04. The molecule has 2 nitrogen and oxygen atoms in total. The lowest BCUT2D eigenvalue weighted by Gasteiger charge is -2.10. The van der Waals surface area contributed by atoms with E-state index in [0.29, 0.717) is 30.5 Å². The van der Waals surface area contributed by atoms with Gasteiger partial charge in [-0.15, -0.1) is 6.42 Å². The lowest BCUT2D eigenvalue weighted by atomic mass is 10.1. The minimum atomic E-state index is 0.534. The number of halogens is 1. The number of hydrogen-bond donors (Lipinski definition) is 1. The monoisotopic (exact) mass is 285 g/mol. The molecular formula is C17H16ClNO. The van der Waals surface area contributed by atoms with Gasteiger partial charge in [-0.3, -0.25) is 0 Å². The van der Waals surface area contributed by atoms with Crippen LogP contribution < -0.4 is 10.1 Å². The molecule has 0 spiro atoms. The van der Waals surface area contributed by atoms with Crippen LogP contribution in [-0.2, 0) is 0 Å². The van der Waals surface area contributed by atoms with Crippen LogP contribution in [0.15, 0.2) is 48.5 Å². The van der Waals surface area contributed by atoms with Crippen LogP contribution in [0.3, 0.4) is 0 Å². The average molecular weight is 286 g/mol. The van der Waals surface area contributed by atoms with Crippen molar-refractivity contribution in [2.24, 2.45) is 0 Å². The molecule has 0 aliphatic heterocycles. The lowest BCUT2D eigenvalue weighted by Crippen LogP contribution is -2.21. The largest absolute Gasteiger partial charge is 0.491 e. The fraction of sp³-hybridized carbons (Fsp3) is 0.176. The van der Waals surface area contributed by atoms with Crippen molar-refractivity contribution in [2.45, 2.75) is 0 Å². The number of hydrogen-bond acceptors (Lipinski definition) is 2. The van der Waals surface area contributed by atoms with Crippen molar-refractivity contribution in [1.29, 1.82) is 0 Å². The van der Waals surface area contributed by atoms with E-state index in [-0.39, 0.29) is 0 Å². The van der Waals surface area contributed by atoms with Crippen LogP contribution in [0.5, 0.6) is 5.75 Å². The molecule has 1 N–H and O–H groups in total. The second-order valence-electron chi connectivity index (χ2n) is 4.24. The molecule has 0 saturated carbocycles. The zero-order valence-corrected chi connectivity index (χ0v) is 11.9. The predicted molar refractivity (Wildman–Crippen MR) is 84.1 cm³/mol. The van der Waals surface area contributed by atoms with Gasteiger partial charge in [0.2, 0.25) is 0 Å². The van der Waals surface area contributed by atoms with Gasteiger partial charge in [0.15, 0.2) is 0 Å². The van der Waals surface area contributed by atoms with Gasteiger partial charge in [-0.25, -0.2) is 0 Å². The van der Waals surface area contributed by atoms with Gasteiger partial charge in [-0.05, 0) is 23.3 Å². The summed E-state index contributed by atoms with van der Waals surface area (Å²) in [7, 11) is 0. The quantitative estimate of drug-likeness (QED) is 0.647. The van der Waals surface area contributed by atoms with Gasteiger partial charge in [0, 0.05) is 6.54 Å². The number of benzene rings is 2. The summed E-state index contributed by atoms with van der Waals surface area (Å²) < 4.78 is 5.61. The molecule has 20 heavy (non-hydrogen) atoms. The number of ether oxygens (including phenoxy) is 1. The van der Waals surface area contributed by atoms with E-state index in [4.69, 9.17) is 22.8 Å². The normalized spacial score (nSPS) is 10.0. The van der Waals surface area contributed by atoms with Crippen LogP contribution >= 0.6 is 11.6 Å². The highest BCUT2D eigenvalue weighted by molar-refractivity contribution is 6.32. The number of nitrogens with one attached hydrogen (secondary N) is 1. The summed E-state index contributed by atoms with van der Waals surface area (Å²) in [5.74, 6) is 3.20. The van der Waals surface area contributed by atoms with Crippen molar-refractivity contribution in [2.75, 3.05) is 19.7 Å². The maximum Gasteiger partial charge on any atom is 0.137 e. The van der Waals surface area contributed by atoms with E-state index in [1.807, 2.05) is 36.4 Å². The van der Waals surface area contributed by atoms with Crippen molar-refractivity contribution in [1.82, 2.24) is 5.32 Å². The summed E-state index contributed by atoms with van der Waals surface area (Å²) >= 11 is 6.24. The number of rotatable bonds is 6. The third kappa shape index (κ3) is 4.03. The molecular weight excluding hydrogens is 270 g/mol. The third-order valence-electron chi connectivity index (χ3n) is 2.80. The maximum absolute atomic E-state index is 6.24. The zero-order valence-electron chi connectivity index (χ0n) is 11.1. The molecule has 2 aromatic carbocycles. The predicted octanol–water partition coefficient (Wildman–Crippen LogP) is 3.61. The molecule has 0 bridgehead atoms. The summed E-state index contributed by atoms with van der Waals surface area (Å²) in [5, 5.41) is 3.67. The zero-order chi connectivity index (χ0) is 14.2. The van der Waals surface area contributed by atoms with Crippen molar-refractivity contribution >= 4 is 11.6 Å². The Hall–Kier alpha value is -1.95. The van der Waals surface area contributed by atoms with Gasteiger partial charge in [0.05, 0.1) is 11.6 Å². The molecule has 2 aromatic rings. The summed E-state index contributed by atoms with van der Waals surface area (Å²) in [6, 6.07) is 15.9. The second-order valence-corrected chi connectivity index (χ2v) is 4.65. The Labute approximate surface area is 124 Å².